The second-order valence-electron chi connectivity index (χ2n) is 7.46. The van der Waals surface area contributed by atoms with Gasteiger partial charge in [-0.15, -0.1) is 0 Å². The van der Waals surface area contributed by atoms with E-state index in [-0.39, 0.29) is 23.7 Å². The van der Waals surface area contributed by atoms with Crippen LogP contribution in [0.15, 0.2) is 42.7 Å². The van der Waals surface area contributed by atoms with Crippen LogP contribution < -0.4 is 10.6 Å². The number of aryl methyl sites for hydroxylation is 1. The number of carbonyl (C=O) groups is 1. The topological polar surface area (TPSA) is 71.3 Å². The minimum absolute atomic E-state index is 0.100. The lowest BCUT2D eigenvalue weighted by Gasteiger charge is -2.30. The van der Waals surface area contributed by atoms with E-state index in [2.05, 4.69) is 20.6 Å². The molecule has 0 unspecified atom stereocenters. The molecule has 0 saturated heterocycles. The molecular formula is C21H23F2N5O. The molecule has 1 aliphatic rings. The summed E-state index contributed by atoms with van der Waals surface area (Å²) in [5, 5.41) is 6.52. The van der Waals surface area contributed by atoms with E-state index >= 15 is 0 Å². The zero-order valence-electron chi connectivity index (χ0n) is 16.1. The smallest absolute Gasteiger partial charge is 0.281 e. The number of pyridine rings is 2. The molecule has 2 N–H and O–H groups in total. The molecule has 8 heteroatoms. The molecule has 29 heavy (non-hydrogen) atoms. The lowest BCUT2D eigenvalue weighted by Crippen LogP contribution is -2.40. The first-order chi connectivity index (χ1) is 14.0. The summed E-state index contributed by atoms with van der Waals surface area (Å²) in [5.74, 6) is 0.650. The quantitative estimate of drug-likeness (QED) is 0.677. The minimum atomic E-state index is -2.59. The van der Waals surface area contributed by atoms with Crippen LogP contribution >= 0.6 is 0 Å². The zero-order chi connectivity index (χ0) is 20.4. The highest BCUT2D eigenvalue weighted by molar-refractivity contribution is 5.94. The van der Waals surface area contributed by atoms with Gasteiger partial charge in [-0.05, 0) is 56.9 Å². The molecule has 1 amide bonds. The summed E-state index contributed by atoms with van der Waals surface area (Å²) >= 11 is 0. The highest BCUT2D eigenvalue weighted by atomic mass is 19.3. The Morgan fingerprint density at radius 2 is 1.90 bits per heavy atom. The van der Waals surface area contributed by atoms with Crippen molar-refractivity contribution in [2.24, 2.45) is 0 Å². The van der Waals surface area contributed by atoms with Crippen molar-refractivity contribution >= 4 is 17.4 Å². The monoisotopic (exact) mass is 399 g/mol. The molecule has 3 aromatic heterocycles. The Morgan fingerprint density at radius 1 is 1.14 bits per heavy atom. The van der Waals surface area contributed by atoms with Crippen molar-refractivity contribution in [1.82, 2.24) is 19.7 Å². The van der Waals surface area contributed by atoms with Crippen molar-refractivity contribution in [3.05, 3.63) is 59.7 Å². The molecule has 1 saturated carbocycles. The van der Waals surface area contributed by atoms with Gasteiger partial charge in [0, 0.05) is 30.2 Å². The fourth-order valence-electron chi connectivity index (χ4n) is 3.71. The Bertz CT molecular complexity index is 994. The number of aromatic nitrogens is 3. The Balaban J connectivity index is 1.35. The van der Waals surface area contributed by atoms with Gasteiger partial charge in [-0.1, -0.05) is 6.07 Å². The fraction of sp³-hybridized carbons (Fsp3) is 0.381. The van der Waals surface area contributed by atoms with Gasteiger partial charge in [0.25, 0.3) is 12.3 Å². The van der Waals surface area contributed by atoms with E-state index in [0.717, 1.165) is 37.2 Å². The number of hydrogen-bond donors (Lipinski definition) is 2. The summed E-state index contributed by atoms with van der Waals surface area (Å²) in [6.45, 7) is 1.88. The van der Waals surface area contributed by atoms with Crippen LogP contribution in [0.5, 0.6) is 0 Å². The van der Waals surface area contributed by atoms with Crippen LogP contribution in [0.3, 0.4) is 0 Å². The van der Waals surface area contributed by atoms with Crippen LogP contribution in [0.25, 0.3) is 5.65 Å². The van der Waals surface area contributed by atoms with E-state index in [9.17, 15) is 13.6 Å². The number of nitrogens with zero attached hydrogens (tertiary/aromatic N) is 3. The average Bonchev–Trinajstić information content (AvgIpc) is 3.16. The highest BCUT2D eigenvalue weighted by Gasteiger charge is 2.23. The summed E-state index contributed by atoms with van der Waals surface area (Å²) in [5.41, 5.74) is 1.72. The predicted molar refractivity (Wildman–Crippen MR) is 106 cm³/mol. The third kappa shape index (κ3) is 4.36. The second-order valence-corrected chi connectivity index (χ2v) is 7.46. The summed E-state index contributed by atoms with van der Waals surface area (Å²) in [6.07, 6.45) is 3.84. The van der Waals surface area contributed by atoms with Crippen LogP contribution in [-0.4, -0.2) is 32.4 Å². The maximum absolute atomic E-state index is 13.0. The van der Waals surface area contributed by atoms with Crippen LogP contribution in [0, 0.1) is 6.92 Å². The van der Waals surface area contributed by atoms with Crippen molar-refractivity contribution in [3.8, 4) is 0 Å². The minimum Gasteiger partial charge on any atom is -0.368 e. The molecule has 0 atom stereocenters. The molecule has 1 fully saturated rings. The molecule has 3 heterocycles. The van der Waals surface area contributed by atoms with Crippen molar-refractivity contribution in [1.29, 1.82) is 0 Å². The molecule has 0 spiro atoms. The Hall–Kier alpha value is -3.03. The zero-order valence-corrected chi connectivity index (χ0v) is 16.1. The second kappa shape index (κ2) is 8.14. The van der Waals surface area contributed by atoms with Crippen molar-refractivity contribution in [3.63, 3.8) is 0 Å². The predicted octanol–water partition coefficient (Wildman–Crippen LogP) is 4.13. The largest absolute Gasteiger partial charge is 0.368 e. The maximum Gasteiger partial charge on any atom is 0.281 e. The van der Waals surface area contributed by atoms with Gasteiger partial charge in [0.05, 0.1) is 5.56 Å². The first-order valence-electron chi connectivity index (χ1n) is 9.76. The Labute approximate surface area is 167 Å². The van der Waals surface area contributed by atoms with Gasteiger partial charge in [0.1, 0.15) is 17.2 Å². The van der Waals surface area contributed by atoms with Crippen LogP contribution in [0.1, 0.15) is 53.9 Å². The molecule has 0 bridgehead atoms. The van der Waals surface area contributed by atoms with Crippen molar-refractivity contribution in [2.75, 3.05) is 5.32 Å². The van der Waals surface area contributed by atoms with Crippen LogP contribution in [0.2, 0.25) is 0 Å². The van der Waals surface area contributed by atoms with Crippen molar-refractivity contribution in [2.45, 2.75) is 51.1 Å². The summed E-state index contributed by atoms with van der Waals surface area (Å²) in [4.78, 5) is 20.5. The number of halogens is 2. The number of alkyl halides is 2. The van der Waals surface area contributed by atoms with Crippen LogP contribution in [-0.2, 0) is 0 Å². The van der Waals surface area contributed by atoms with E-state index in [4.69, 9.17) is 0 Å². The van der Waals surface area contributed by atoms with Gasteiger partial charge in [-0.25, -0.2) is 13.8 Å². The summed E-state index contributed by atoms with van der Waals surface area (Å²) in [7, 11) is 0. The third-order valence-corrected chi connectivity index (χ3v) is 5.32. The lowest BCUT2D eigenvalue weighted by atomic mass is 9.91. The van der Waals surface area contributed by atoms with Crippen LogP contribution in [0.4, 0.5) is 14.6 Å². The number of hydrogen-bond acceptors (Lipinski definition) is 4. The van der Waals surface area contributed by atoms with Gasteiger partial charge in [0.15, 0.2) is 0 Å². The first kappa shape index (κ1) is 19.3. The van der Waals surface area contributed by atoms with E-state index in [0.29, 0.717) is 11.2 Å². The van der Waals surface area contributed by atoms with Gasteiger partial charge < -0.3 is 10.6 Å². The maximum atomic E-state index is 13.0. The van der Waals surface area contributed by atoms with E-state index in [1.165, 1.54) is 6.20 Å². The third-order valence-electron chi connectivity index (χ3n) is 5.32. The number of fused-ring (bicyclic) bond motifs is 1. The SMILES string of the molecule is Cc1ccc(C(=O)NC2CCC(Nc3cccc4nc(C(F)F)cn34)CC2)cn1. The summed E-state index contributed by atoms with van der Waals surface area (Å²) in [6, 6.07) is 9.33. The molecule has 4 rings (SSSR count). The fourth-order valence-corrected chi connectivity index (χ4v) is 3.71. The Morgan fingerprint density at radius 3 is 2.59 bits per heavy atom. The number of amides is 1. The average molecular weight is 399 g/mol. The molecule has 1 aliphatic carbocycles. The number of nitrogens with one attached hydrogen (secondary N) is 2. The molecule has 0 radical (unpaired) electrons. The van der Waals surface area contributed by atoms with Gasteiger partial charge in [-0.2, -0.15) is 0 Å². The summed E-state index contributed by atoms with van der Waals surface area (Å²) < 4.78 is 27.6. The molecular weight excluding hydrogens is 376 g/mol. The van der Waals surface area contributed by atoms with E-state index in [1.54, 1.807) is 28.8 Å². The van der Waals surface area contributed by atoms with E-state index < -0.39 is 6.43 Å². The van der Waals surface area contributed by atoms with E-state index in [1.807, 2.05) is 19.1 Å². The standard InChI is InChI=1S/C21H23F2N5O/c1-13-5-6-14(11-24-13)21(29)26-16-9-7-15(8-10-16)25-18-3-2-4-19-27-17(20(22)23)12-28(18)19/h2-6,11-12,15-16,20,25H,7-10H2,1H3,(H,26,29). The molecule has 152 valence electrons. The van der Waals surface area contributed by atoms with Gasteiger partial charge >= 0.3 is 0 Å². The molecule has 0 aliphatic heterocycles. The lowest BCUT2D eigenvalue weighted by molar-refractivity contribution is 0.0926. The molecule has 3 aromatic rings. The normalized spacial score (nSPS) is 19.4. The van der Waals surface area contributed by atoms with Gasteiger partial charge in [-0.3, -0.25) is 14.2 Å². The molecule has 6 nitrogen and oxygen atoms in total. The number of imidazole rings is 1. The van der Waals surface area contributed by atoms with Gasteiger partial charge in [0.2, 0.25) is 0 Å². The Kier molecular flexibility index (Phi) is 5.42. The number of carbonyl (C=O) groups excluding carboxylic acids is 1. The molecule has 0 aromatic carbocycles. The highest BCUT2D eigenvalue weighted by Crippen LogP contribution is 2.25. The number of rotatable bonds is 5. The van der Waals surface area contributed by atoms with Crippen molar-refractivity contribution < 1.29 is 13.6 Å². The number of anilines is 1. The first-order valence-corrected chi connectivity index (χ1v) is 9.76.